The van der Waals surface area contributed by atoms with Crippen LogP contribution in [0.3, 0.4) is 0 Å². The molecule has 1 aliphatic rings. The van der Waals surface area contributed by atoms with Crippen LogP contribution in [0.5, 0.6) is 0 Å². The van der Waals surface area contributed by atoms with Crippen molar-refractivity contribution in [2.24, 2.45) is 0 Å². The molecule has 0 amide bonds. The Morgan fingerprint density at radius 3 is 2.85 bits per heavy atom. The molecule has 106 valence electrons. The highest BCUT2D eigenvalue weighted by molar-refractivity contribution is 7.94. The third-order valence-corrected chi connectivity index (χ3v) is 6.83. The van der Waals surface area contributed by atoms with Crippen molar-refractivity contribution in [1.82, 2.24) is 0 Å². The molecule has 20 heavy (non-hydrogen) atoms. The van der Waals surface area contributed by atoms with Crippen LogP contribution in [0.4, 0.5) is 10.1 Å². The fourth-order valence-corrected chi connectivity index (χ4v) is 5.34. The van der Waals surface area contributed by atoms with Crippen molar-refractivity contribution in [3.8, 4) is 0 Å². The van der Waals surface area contributed by atoms with Gasteiger partial charge in [-0.05, 0) is 48.9 Å². The number of halogens is 1. The summed E-state index contributed by atoms with van der Waals surface area (Å²) >= 11 is 1.18. The lowest BCUT2D eigenvalue weighted by atomic mass is 9.99. The smallest absolute Gasteiger partial charge is 0.263 e. The first-order valence-electron chi connectivity index (χ1n) is 6.36. The molecule has 0 spiro atoms. The van der Waals surface area contributed by atoms with Crippen molar-refractivity contribution >= 4 is 27.0 Å². The van der Waals surface area contributed by atoms with E-state index in [4.69, 9.17) is 0 Å². The van der Waals surface area contributed by atoms with Gasteiger partial charge in [0.25, 0.3) is 10.0 Å². The fraction of sp³-hybridized carbons (Fsp3) is 0.286. The standard InChI is InChI=1S/C14H14FNO2S2/c1-10-4-5-11-6-7-12(15)9-13(11)16(10)20(17,18)14-3-2-8-19-14/h2-3,6-10H,4-5H2,1H3/t10-/m1/s1. The van der Waals surface area contributed by atoms with Crippen LogP contribution in [0.25, 0.3) is 0 Å². The van der Waals surface area contributed by atoms with E-state index in [1.54, 1.807) is 23.6 Å². The number of sulfonamides is 1. The topological polar surface area (TPSA) is 37.4 Å². The van der Waals surface area contributed by atoms with Gasteiger partial charge in [0, 0.05) is 6.04 Å². The number of hydrogen-bond donors (Lipinski definition) is 0. The number of nitrogens with zero attached hydrogens (tertiary/aromatic N) is 1. The van der Waals surface area contributed by atoms with Crippen LogP contribution < -0.4 is 4.31 Å². The summed E-state index contributed by atoms with van der Waals surface area (Å²) in [5, 5.41) is 1.73. The van der Waals surface area contributed by atoms with Gasteiger partial charge in [-0.15, -0.1) is 11.3 Å². The molecule has 0 saturated carbocycles. The van der Waals surface area contributed by atoms with Crippen molar-refractivity contribution in [1.29, 1.82) is 0 Å². The SMILES string of the molecule is C[C@@H]1CCc2ccc(F)cc2N1S(=O)(=O)c1cccs1. The van der Waals surface area contributed by atoms with Gasteiger partial charge >= 0.3 is 0 Å². The first-order chi connectivity index (χ1) is 9.50. The molecule has 1 aliphatic heterocycles. The first kappa shape index (κ1) is 13.6. The average molecular weight is 311 g/mol. The van der Waals surface area contributed by atoms with Gasteiger partial charge in [0.05, 0.1) is 5.69 Å². The molecule has 0 bridgehead atoms. The molecular formula is C14H14FNO2S2. The number of hydrogen-bond acceptors (Lipinski definition) is 3. The molecule has 0 N–H and O–H groups in total. The number of rotatable bonds is 2. The van der Waals surface area contributed by atoms with Crippen molar-refractivity contribution in [3.05, 3.63) is 47.1 Å². The monoisotopic (exact) mass is 311 g/mol. The largest absolute Gasteiger partial charge is 0.274 e. The molecule has 1 atom stereocenters. The molecular weight excluding hydrogens is 297 g/mol. The maximum absolute atomic E-state index is 13.5. The molecule has 2 heterocycles. The number of benzene rings is 1. The molecule has 3 rings (SSSR count). The molecule has 0 saturated heterocycles. The lowest BCUT2D eigenvalue weighted by molar-refractivity contribution is 0.562. The molecule has 1 aromatic carbocycles. The maximum Gasteiger partial charge on any atom is 0.274 e. The normalized spacial score (nSPS) is 18.9. The van der Waals surface area contributed by atoms with Crippen molar-refractivity contribution in [2.75, 3.05) is 4.31 Å². The quantitative estimate of drug-likeness (QED) is 0.852. The minimum atomic E-state index is -3.61. The third-order valence-electron chi connectivity index (χ3n) is 3.52. The minimum Gasteiger partial charge on any atom is -0.263 e. The van der Waals surface area contributed by atoms with E-state index in [1.165, 1.54) is 27.8 Å². The Kier molecular flexibility index (Phi) is 3.30. The van der Waals surface area contributed by atoms with Gasteiger partial charge in [-0.3, -0.25) is 4.31 Å². The van der Waals surface area contributed by atoms with Crippen LogP contribution in [0.1, 0.15) is 18.9 Å². The van der Waals surface area contributed by atoms with Crippen LogP contribution in [-0.2, 0) is 16.4 Å². The third kappa shape index (κ3) is 2.13. The minimum absolute atomic E-state index is 0.170. The molecule has 0 radical (unpaired) electrons. The molecule has 2 aromatic rings. The van der Waals surface area contributed by atoms with E-state index in [0.717, 1.165) is 18.4 Å². The Balaban J connectivity index is 2.17. The second-order valence-corrected chi connectivity index (χ2v) is 7.88. The van der Waals surface area contributed by atoms with Crippen LogP contribution in [-0.4, -0.2) is 14.5 Å². The first-order valence-corrected chi connectivity index (χ1v) is 8.68. The summed E-state index contributed by atoms with van der Waals surface area (Å²) in [6, 6.07) is 7.49. The summed E-state index contributed by atoms with van der Waals surface area (Å²) in [4.78, 5) is 0. The predicted octanol–water partition coefficient (Wildman–Crippen LogP) is 3.42. The summed E-state index contributed by atoms with van der Waals surface area (Å²) in [5.74, 6) is -0.413. The molecule has 0 aliphatic carbocycles. The van der Waals surface area contributed by atoms with E-state index in [2.05, 4.69) is 0 Å². The number of fused-ring (bicyclic) bond motifs is 1. The zero-order chi connectivity index (χ0) is 14.3. The van der Waals surface area contributed by atoms with Gasteiger partial charge in [-0.2, -0.15) is 0 Å². The summed E-state index contributed by atoms with van der Waals surface area (Å²) in [7, 11) is -3.61. The zero-order valence-corrected chi connectivity index (χ0v) is 12.5. The van der Waals surface area contributed by atoms with Gasteiger partial charge in [0.15, 0.2) is 0 Å². The highest BCUT2D eigenvalue weighted by atomic mass is 32.2. The highest BCUT2D eigenvalue weighted by Gasteiger charge is 2.34. The van der Waals surface area contributed by atoms with Gasteiger partial charge in [-0.25, -0.2) is 12.8 Å². The Labute approximate surface area is 121 Å². The summed E-state index contributed by atoms with van der Waals surface area (Å²) in [6.45, 7) is 1.86. The lowest BCUT2D eigenvalue weighted by Crippen LogP contribution is -2.41. The highest BCUT2D eigenvalue weighted by Crippen LogP contribution is 2.36. The van der Waals surface area contributed by atoms with Gasteiger partial charge in [-0.1, -0.05) is 12.1 Å². The van der Waals surface area contributed by atoms with E-state index < -0.39 is 15.8 Å². The Morgan fingerprint density at radius 2 is 2.15 bits per heavy atom. The number of thiophene rings is 1. The van der Waals surface area contributed by atoms with Gasteiger partial charge < -0.3 is 0 Å². The van der Waals surface area contributed by atoms with E-state index >= 15 is 0 Å². The molecule has 0 fully saturated rings. The maximum atomic E-state index is 13.5. The molecule has 1 aromatic heterocycles. The average Bonchev–Trinajstić information content (AvgIpc) is 2.92. The Morgan fingerprint density at radius 1 is 1.35 bits per heavy atom. The summed E-state index contributed by atoms with van der Waals surface area (Å²) in [5.41, 5.74) is 1.35. The van der Waals surface area contributed by atoms with Gasteiger partial charge in [0.1, 0.15) is 10.0 Å². The second kappa shape index (κ2) is 4.86. The van der Waals surface area contributed by atoms with Gasteiger partial charge in [0.2, 0.25) is 0 Å². The lowest BCUT2D eigenvalue weighted by Gasteiger charge is -2.35. The second-order valence-electron chi connectivity index (χ2n) is 4.89. The summed E-state index contributed by atoms with van der Waals surface area (Å²) < 4.78 is 40.7. The van der Waals surface area contributed by atoms with E-state index in [0.29, 0.717) is 9.90 Å². The molecule has 3 nitrogen and oxygen atoms in total. The van der Waals surface area contributed by atoms with Crippen molar-refractivity contribution in [2.45, 2.75) is 30.0 Å². The molecule has 0 unspecified atom stereocenters. The summed E-state index contributed by atoms with van der Waals surface area (Å²) in [6.07, 6.45) is 1.51. The van der Waals surface area contributed by atoms with E-state index in [1.807, 2.05) is 6.92 Å². The fourth-order valence-electron chi connectivity index (χ4n) is 2.55. The van der Waals surface area contributed by atoms with Crippen molar-refractivity contribution < 1.29 is 12.8 Å². The van der Waals surface area contributed by atoms with Crippen LogP contribution >= 0.6 is 11.3 Å². The van der Waals surface area contributed by atoms with E-state index in [-0.39, 0.29) is 6.04 Å². The predicted molar refractivity (Wildman–Crippen MR) is 78.2 cm³/mol. The van der Waals surface area contributed by atoms with E-state index in [9.17, 15) is 12.8 Å². The van der Waals surface area contributed by atoms with Crippen molar-refractivity contribution in [3.63, 3.8) is 0 Å². The van der Waals surface area contributed by atoms with Crippen LogP contribution in [0.2, 0.25) is 0 Å². The van der Waals surface area contributed by atoms with Crippen LogP contribution in [0.15, 0.2) is 39.9 Å². The zero-order valence-electron chi connectivity index (χ0n) is 10.9. The number of aryl methyl sites for hydroxylation is 1. The van der Waals surface area contributed by atoms with Crippen LogP contribution in [0, 0.1) is 5.82 Å². The Bertz CT molecular complexity index is 726. The number of anilines is 1. The Hall–Kier alpha value is -1.40. The molecule has 6 heteroatoms.